The van der Waals surface area contributed by atoms with Gasteiger partial charge in [-0.05, 0) is 89.1 Å². The number of hydrogen-bond donors (Lipinski definition) is 2. The third-order valence-corrected chi connectivity index (χ3v) is 5.33. The topological polar surface area (TPSA) is 93.1 Å². The average molecular weight is 445 g/mol. The molecule has 0 aromatic heterocycles. The van der Waals surface area contributed by atoms with Gasteiger partial charge in [-0.3, -0.25) is 0 Å². The van der Waals surface area contributed by atoms with E-state index in [0.717, 1.165) is 12.8 Å². The third-order valence-electron chi connectivity index (χ3n) is 5.33. The Morgan fingerprint density at radius 1 is 0.812 bits per heavy atom. The highest BCUT2D eigenvalue weighted by Crippen LogP contribution is 2.27. The van der Waals surface area contributed by atoms with Gasteiger partial charge in [0.15, 0.2) is 0 Å². The average Bonchev–Trinajstić information content (AvgIpc) is 2.71. The zero-order chi connectivity index (χ0) is 23.8. The highest BCUT2D eigenvalue weighted by atomic mass is 16.6. The Kier molecular flexibility index (Phi) is 9.22. The first kappa shape index (κ1) is 25.8. The van der Waals surface area contributed by atoms with E-state index in [0.29, 0.717) is 47.6 Å². The minimum Gasteiger partial charge on any atom is -0.462 e. The second kappa shape index (κ2) is 11.4. The maximum Gasteiger partial charge on any atom is 0.339 e. The lowest BCUT2D eigenvalue weighted by Gasteiger charge is -2.25. The number of carbonyl (C=O) groups excluding carboxylic acids is 2. The number of benzene rings is 2. The minimum absolute atomic E-state index is 0.117. The molecule has 2 aromatic carbocycles. The molecule has 32 heavy (non-hydrogen) atoms. The molecule has 0 fully saturated rings. The van der Waals surface area contributed by atoms with E-state index in [2.05, 4.69) is 0 Å². The Morgan fingerprint density at radius 2 is 1.38 bits per heavy atom. The standard InChI is InChI=1S/C26H36O6/c1-25(2,30)15-6-8-18-31-23(28)21-13-9-12-20-19(21)11-10-14-22(20)24(29)32-26(3,4)16-5-7-17-27/h9-14,27,30H,5-8,15-18H2,1-4H3. The van der Waals surface area contributed by atoms with Crippen molar-refractivity contribution in [3.05, 3.63) is 47.5 Å². The van der Waals surface area contributed by atoms with E-state index in [1.165, 1.54) is 0 Å². The lowest BCUT2D eigenvalue weighted by molar-refractivity contribution is -0.00560. The molecule has 0 aliphatic rings. The SMILES string of the molecule is CC(C)(O)CCCCOC(=O)c1cccc2c(C(=O)OC(C)(C)CCCCO)cccc12. The summed E-state index contributed by atoms with van der Waals surface area (Å²) in [6.07, 6.45) is 4.15. The Morgan fingerprint density at radius 3 is 1.94 bits per heavy atom. The molecule has 0 amide bonds. The highest BCUT2D eigenvalue weighted by molar-refractivity contribution is 6.11. The molecule has 2 aromatic rings. The Bertz CT molecular complexity index is 910. The van der Waals surface area contributed by atoms with Crippen molar-refractivity contribution in [2.75, 3.05) is 13.2 Å². The molecule has 0 saturated heterocycles. The van der Waals surface area contributed by atoms with Crippen LogP contribution >= 0.6 is 0 Å². The molecular formula is C26H36O6. The van der Waals surface area contributed by atoms with Crippen LogP contribution in [0, 0.1) is 0 Å². The fourth-order valence-electron chi connectivity index (χ4n) is 3.59. The number of rotatable bonds is 12. The zero-order valence-electron chi connectivity index (χ0n) is 19.6. The van der Waals surface area contributed by atoms with E-state index in [1.54, 1.807) is 50.2 Å². The summed E-state index contributed by atoms with van der Waals surface area (Å²) in [7, 11) is 0. The molecule has 0 atom stereocenters. The van der Waals surface area contributed by atoms with Crippen molar-refractivity contribution in [2.24, 2.45) is 0 Å². The van der Waals surface area contributed by atoms with Crippen molar-refractivity contribution < 1.29 is 29.3 Å². The first-order valence-electron chi connectivity index (χ1n) is 11.3. The monoisotopic (exact) mass is 444 g/mol. The number of ether oxygens (including phenoxy) is 2. The van der Waals surface area contributed by atoms with Crippen LogP contribution < -0.4 is 0 Å². The number of fused-ring (bicyclic) bond motifs is 1. The Hall–Kier alpha value is -2.44. The first-order valence-corrected chi connectivity index (χ1v) is 11.3. The fraction of sp³-hybridized carbons (Fsp3) is 0.538. The van der Waals surface area contributed by atoms with E-state index in [4.69, 9.17) is 14.6 Å². The van der Waals surface area contributed by atoms with Gasteiger partial charge in [-0.1, -0.05) is 24.3 Å². The second-order valence-electron chi connectivity index (χ2n) is 9.44. The molecular weight excluding hydrogens is 408 g/mol. The van der Waals surface area contributed by atoms with Crippen molar-refractivity contribution in [3.8, 4) is 0 Å². The summed E-state index contributed by atoms with van der Waals surface area (Å²) in [6, 6.07) is 10.4. The van der Waals surface area contributed by atoms with Crippen molar-refractivity contribution >= 4 is 22.7 Å². The van der Waals surface area contributed by atoms with Crippen molar-refractivity contribution in [3.63, 3.8) is 0 Å². The number of unbranched alkanes of at least 4 members (excludes halogenated alkanes) is 2. The number of hydrogen-bond acceptors (Lipinski definition) is 6. The van der Waals surface area contributed by atoms with Gasteiger partial charge in [-0.2, -0.15) is 0 Å². The fourth-order valence-corrected chi connectivity index (χ4v) is 3.59. The van der Waals surface area contributed by atoms with Gasteiger partial charge in [0.25, 0.3) is 0 Å². The van der Waals surface area contributed by atoms with Gasteiger partial charge >= 0.3 is 11.9 Å². The predicted molar refractivity (Wildman–Crippen MR) is 125 cm³/mol. The second-order valence-corrected chi connectivity index (χ2v) is 9.44. The van der Waals surface area contributed by atoms with Crippen LogP contribution in [0.4, 0.5) is 0 Å². The van der Waals surface area contributed by atoms with Gasteiger partial charge in [-0.25, -0.2) is 9.59 Å². The van der Waals surface area contributed by atoms with Gasteiger partial charge < -0.3 is 19.7 Å². The molecule has 6 heteroatoms. The van der Waals surface area contributed by atoms with Gasteiger partial charge in [0.1, 0.15) is 5.60 Å². The van der Waals surface area contributed by atoms with Crippen LogP contribution in [0.2, 0.25) is 0 Å². The molecule has 0 aliphatic carbocycles. The molecule has 2 rings (SSSR count). The van der Waals surface area contributed by atoms with Gasteiger partial charge in [0, 0.05) is 6.61 Å². The summed E-state index contributed by atoms with van der Waals surface area (Å²) in [5, 5.41) is 20.0. The summed E-state index contributed by atoms with van der Waals surface area (Å²) in [5.41, 5.74) is -0.578. The molecule has 0 bridgehead atoms. The number of aliphatic hydroxyl groups excluding tert-OH is 1. The van der Waals surface area contributed by atoms with Crippen LogP contribution in [-0.2, 0) is 9.47 Å². The lowest BCUT2D eigenvalue weighted by Crippen LogP contribution is -2.28. The van der Waals surface area contributed by atoms with Crippen molar-refractivity contribution in [1.82, 2.24) is 0 Å². The molecule has 0 unspecified atom stereocenters. The smallest absolute Gasteiger partial charge is 0.339 e. The van der Waals surface area contributed by atoms with Gasteiger partial charge in [-0.15, -0.1) is 0 Å². The zero-order valence-corrected chi connectivity index (χ0v) is 19.6. The normalized spacial score (nSPS) is 12.1. The Balaban J connectivity index is 2.11. The maximum absolute atomic E-state index is 12.9. The number of esters is 2. The number of aliphatic hydroxyl groups is 2. The van der Waals surface area contributed by atoms with Gasteiger partial charge in [0.05, 0.1) is 23.3 Å². The van der Waals surface area contributed by atoms with Crippen molar-refractivity contribution in [1.29, 1.82) is 0 Å². The predicted octanol–water partition coefficient (Wildman–Crippen LogP) is 5.04. The molecule has 0 aliphatic heterocycles. The van der Waals surface area contributed by atoms with Crippen LogP contribution in [-0.4, -0.2) is 46.6 Å². The first-order chi connectivity index (χ1) is 15.0. The van der Waals surface area contributed by atoms with Crippen LogP contribution in [0.15, 0.2) is 36.4 Å². The summed E-state index contributed by atoms with van der Waals surface area (Å²) in [6.45, 7) is 7.62. The molecule has 0 radical (unpaired) electrons. The van der Waals surface area contributed by atoms with Crippen LogP contribution in [0.1, 0.15) is 86.9 Å². The summed E-state index contributed by atoms with van der Waals surface area (Å²) >= 11 is 0. The van der Waals surface area contributed by atoms with E-state index in [-0.39, 0.29) is 13.2 Å². The summed E-state index contributed by atoms with van der Waals surface area (Å²) in [5.74, 6) is -0.879. The largest absolute Gasteiger partial charge is 0.462 e. The molecule has 2 N–H and O–H groups in total. The molecule has 0 spiro atoms. The van der Waals surface area contributed by atoms with Crippen molar-refractivity contribution in [2.45, 2.75) is 77.4 Å². The van der Waals surface area contributed by atoms with Gasteiger partial charge in [0.2, 0.25) is 0 Å². The summed E-state index contributed by atoms with van der Waals surface area (Å²) < 4.78 is 11.2. The molecule has 0 saturated carbocycles. The van der Waals surface area contributed by atoms with E-state index < -0.39 is 23.1 Å². The summed E-state index contributed by atoms with van der Waals surface area (Å²) in [4.78, 5) is 25.6. The highest BCUT2D eigenvalue weighted by Gasteiger charge is 2.25. The molecule has 176 valence electrons. The molecule has 0 heterocycles. The van der Waals surface area contributed by atoms with Crippen LogP contribution in [0.5, 0.6) is 0 Å². The van der Waals surface area contributed by atoms with Crippen LogP contribution in [0.3, 0.4) is 0 Å². The quantitative estimate of drug-likeness (QED) is 0.352. The third kappa shape index (κ3) is 7.92. The van der Waals surface area contributed by atoms with E-state index in [9.17, 15) is 14.7 Å². The Labute approximate surface area is 190 Å². The minimum atomic E-state index is -0.724. The lowest BCUT2D eigenvalue weighted by atomic mass is 9.98. The maximum atomic E-state index is 12.9. The van der Waals surface area contributed by atoms with E-state index in [1.807, 2.05) is 13.8 Å². The van der Waals surface area contributed by atoms with Crippen LogP contribution in [0.25, 0.3) is 10.8 Å². The molecule has 6 nitrogen and oxygen atoms in total. The number of carbonyl (C=O) groups is 2. The van der Waals surface area contributed by atoms with E-state index >= 15 is 0 Å².